The Hall–Kier alpha value is -0.250. The maximum absolute atomic E-state index is 6.65. The van der Waals surface area contributed by atoms with Crippen LogP contribution in [0.1, 0.15) is 34.1 Å². The van der Waals surface area contributed by atoms with E-state index in [1.54, 1.807) is 0 Å². The molecule has 0 aromatic heterocycles. The molecule has 0 fully saturated rings. The fourth-order valence-corrected chi connectivity index (χ4v) is 3.97. The molecule has 0 N–H and O–H groups in total. The molecular formula is C16H13Cl2I. The van der Waals surface area contributed by atoms with Crippen LogP contribution in [0.4, 0.5) is 0 Å². The quantitative estimate of drug-likeness (QED) is 0.442. The van der Waals surface area contributed by atoms with Crippen LogP contribution in [-0.2, 0) is 12.8 Å². The van der Waals surface area contributed by atoms with Crippen molar-refractivity contribution in [2.24, 2.45) is 0 Å². The Balaban J connectivity index is 1.99. The number of hydrogen-bond donors (Lipinski definition) is 0. The van der Waals surface area contributed by atoms with Gasteiger partial charge in [0.2, 0.25) is 0 Å². The molecule has 1 aliphatic carbocycles. The molecule has 1 unspecified atom stereocenters. The second-order valence-corrected chi connectivity index (χ2v) is 6.95. The molecule has 0 bridgehead atoms. The second kappa shape index (κ2) is 5.63. The first kappa shape index (κ1) is 13.7. The van der Waals surface area contributed by atoms with Crippen molar-refractivity contribution >= 4 is 45.8 Å². The molecule has 0 radical (unpaired) electrons. The highest BCUT2D eigenvalue weighted by atomic mass is 127. The van der Waals surface area contributed by atoms with Crippen LogP contribution in [0.5, 0.6) is 0 Å². The van der Waals surface area contributed by atoms with E-state index in [0.29, 0.717) is 0 Å². The van der Waals surface area contributed by atoms with E-state index in [-0.39, 0.29) is 5.38 Å². The van der Waals surface area contributed by atoms with E-state index in [9.17, 15) is 0 Å². The highest BCUT2D eigenvalue weighted by Gasteiger charge is 2.17. The lowest BCUT2D eigenvalue weighted by molar-refractivity contribution is 0.911. The lowest BCUT2D eigenvalue weighted by Gasteiger charge is -2.14. The molecule has 3 rings (SSSR count). The zero-order chi connectivity index (χ0) is 13.4. The summed E-state index contributed by atoms with van der Waals surface area (Å²) in [6.45, 7) is 0. The minimum atomic E-state index is -0.128. The van der Waals surface area contributed by atoms with Crippen LogP contribution in [0.25, 0.3) is 0 Å². The van der Waals surface area contributed by atoms with Gasteiger partial charge in [-0.05, 0) is 82.3 Å². The van der Waals surface area contributed by atoms with Crippen LogP contribution in [0.15, 0.2) is 36.4 Å². The Morgan fingerprint density at radius 1 is 1.00 bits per heavy atom. The minimum absolute atomic E-state index is 0.128. The van der Waals surface area contributed by atoms with Crippen LogP contribution in [-0.4, -0.2) is 0 Å². The average molecular weight is 403 g/mol. The van der Waals surface area contributed by atoms with Crippen molar-refractivity contribution in [1.29, 1.82) is 0 Å². The summed E-state index contributed by atoms with van der Waals surface area (Å²) >= 11 is 15.0. The van der Waals surface area contributed by atoms with Gasteiger partial charge in [-0.25, -0.2) is 0 Å². The van der Waals surface area contributed by atoms with Gasteiger partial charge in [0.15, 0.2) is 0 Å². The standard InChI is InChI=1S/C16H13Cl2I/c17-13-6-7-15(19)14(9-13)16(18)12-5-4-10-2-1-3-11(10)8-12/h4-9,16H,1-3H2. The summed E-state index contributed by atoms with van der Waals surface area (Å²) in [6, 6.07) is 12.5. The van der Waals surface area contributed by atoms with E-state index >= 15 is 0 Å². The average Bonchev–Trinajstić information content (AvgIpc) is 2.88. The first-order valence-electron chi connectivity index (χ1n) is 6.36. The summed E-state index contributed by atoms with van der Waals surface area (Å²) in [4.78, 5) is 0. The number of fused-ring (bicyclic) bond motifs is 1. The van der Waals surface area contributed by atoms with Gasteiger partial charge in [0.25, 0.3) is 0 Å². The maximum atomic E-state index is 6.65. The van der Waals surface area contributed by atoms with Crippen molar-refractivity contribution in [1.82, 2.24) is 0 Å². The number of aryl methyl sites for hydroxylation is 2. The highest BCUT2D eigenvalue weighted by molar-refractivity contribution is 14.1. The van der Waals surface area contributed by atoms with Gasteiger partial charge in [-0.15, -0.1) is 11.6 Å². The van der Waals surface area contributed by atoms with Gasteiger partial charge in [0.05, 0.1) is 5.38 Å². The Labute approximate surface area is 137 Å². The molecule has 98 valence electrons. The molecule has 2 aromatic rings. The number of benzene rings is 2. The topological polar surface area (TPSA) is 0 Å². The predicted molar refractivity (Wildman–Crippen MR) is 90.3 cm³/mol. The molecule has 1 aliphatic rings. The van der Waals surface area contributed by atoms with Crippen molar-refractivity contribution in [2.75, 3.05) is 0 Å². The predicted octanol–water partition coefficient (Wildman–Crippen LogP) is 5.76. The summed E-state index contributed by atoms with van der Waals surface area (Å²) < 4.78 is 1.16. The van der Waals surface area contributed by atoms with Crippen molar-refractivity contribution < 1.29 is 0 Å². The smallest absolute Gasteiger partial charge is 0.0846 e. The van der Waals surface area contributed by atoms with Gasteiger partial charge >= 0.3 is 0 Å². The number of halogens is 3. The number of hydrogen-bond acceptors (Lipinski definition) is 0. The largest absolute Gasteiger partial charge is 0.113 e. The van der Waals surface area contributed by atoms with Crippen LogP contribution in [0.3, 0.4) is 0 Å². The van der Waals surface area contributed by atoms with Gasteiger partial charge in [-0.2, -0.15) is 0 Å². The van der Waals surface area contributed by atoms with E-state index in [1.807, 2.05) is 18.2 Å². The number of alkyl halides is 1. The van der Waals surface area contributed by atoms with E-state index in [4.69, 9.17) is 23.2 Å². The summed E-state index contributed by atoms with van der Waals surface area (Å²) in [5.41, 5.74) is 5.20. The van der Waals surface area contributed by atoms with Gasteiger partial charge in [0, 0.05) is 8.59 Å². The van der Waals surface area contributed by atoms with E-state index in [1.165, 1.54) is 36.0 Å². The SMILES string of the molecule is Clc1ccc(I)c(C(Cl)c2ccc3c(c2)CCC3)c1. The van der Waals surface area contributed by atoms with Crippen molar-refractivity contribution in [3.63, 3.8) is 0 Å². The third kappa shape index (κ3) is 2.79. The van der Waals surface area contributed by atoms with E-state index in [2.05, 4.69) is 40.8 Å². The summed E-state index contributed by atoms with van der Waals surface area (Å²) in [5.74, 6) is 0. The van der Waals surface area contributed by atoms with Crippen LogP contribution in [0, 0.1) is 3.57 Å². The first-order chi connectivity index (χ1) is 9.15. The van der Waals surface area contributed by atoms with Gasteiger partial charge in [0.1, 0.15) is 0 Å². The number of rotatable bonds is 2. The summed E-state index contributed by atoms with van der Waals surface area (Å²) in [6.07, 6.45) is 3.65. The van der Waals surface area contributed by atoms with Gasteiger partial charge in [-0.3, -0.25) is 0 Å². The molecule has 3 heteroatoms. The molecule has 1 atom stereocenters. The normalized spacial score (nSPS) is 15.3. The van der Waals surface area contributed by atoms with Crippen LogP contribution in [0.2, 0.25) is 5.02 Å². The molecule has 0 aliphatic heterocycles. The fraction of sp³-hybridized carbons (Fsp3) is 0.250. The Morgan fingerprint density at radius 3 is 2.63 bits per heavy atom. The molecule has 0 amide bonds. The molecule has 0 saturated carbocycles. The van der Waals surface area contributed by atoms with Crippen molar-refractivity contribution in [3.05, 3.63) is 67.2 Å². The molecule has 19 heavy (non-hydrogen) atoms. The molecule has 2 aromatic carbocycles. The van der Waals surface area contributed by atoms with E-state index < -0.39 is 0 Å². The van der Waals surface area contributed by atoms with Crippen LogP contribution >= 0.6 is 45.8 Å². The zero-order valence-electron chi connectivity index (χ0n) is 10.3. The third-order valence-electron chi connectivity index (χ3n) is 3.65. The highest BCUT2D eigenvalue weighted by Crippen LogP contribution is 2.35. The second-order valence-electron chi connectivity index (χ2n) is 4.91. The third-order valence-corrected chi connectivity index (χ3v) is 5.35. The Morgan fingerprint density at radius 2 is 1.79 bits per heavy atom. The van der Waals surface area contributed by atoms with E-state index in [0.717, 1.165) is 14.2 Å². The van der Waals surface area contributed by atoms with Crippen LogP contribution < -0.4 is 0 Å². The Kier molecular flexibility index (Phi) is 4.06. The monoisotopic (exact) mass is 402 g/mol. The lowest BCUT2D eigenvalue weighted by Crippen LogP contribution is -1.98. The fourth-order valence-electron chi connectivity index (χ4n) is 2.64. The Bertz CT molecular complexity index is 622. The lowest BCUT2D eigenvalue weighted by atomic mass is 10.00. The molecule has 0 nitrogen and oxygen atoms in total. The molecule has 0 heterocycles. The molecule has 0 spiro atoms. The summed E-state index contributed by atoms with van der Waals surface area (Å²) in [7, 11) is 0. The molecule has 0 saturated heterocycles. The zero-order valence-corrected chi connectivity index (χ0v) is 14.0. The van der Waals surface area contributed by atoms with Gasteiger partial charge in [-0.1, -0.05) is 29.8 Å². The minimum Gasteiger partial charge on any atom is -0.113 e. The first-order valence-corrected chi connectivity index (χ1v) is 8.25. The molecular weight excluding hydrogens is 390 g/mol. The van der Waals surface area contributed by atoms with Gasteiger partial charge < -0.3 is 0 Å². The van der Waals surface area contributed by atoms with Crippen molar-refractivity contribution in [3.8, 4) is 0 Å². The summed E-state index contributed by atoms with van der Waals surface area (Å²) in [5, 5.41) is 0.610. The maximum Gasteiger partial charge on any atom is 0.0846 e. The van der Waals surface area contributed by atoms with Crippen molar-refractivity contribution in [2.45, 2.75) is 24.6 Å².